The summed E-state index contributed by atoms with van der Waals surface area (Å²) in [4.78, 5) is 26.8. The van der Waals surface area contributed by atoms with Gasteiger partial charge in [0.25, 0.3) is 0 Å². The van der Waals surface area contributed by atoms with Gasteiger partial charge in [0, 0.05) is 24.8 Å². The third kappa shape index (κ3) is 6.70. The van der Waals surface area contributed by atoms with Gasteiger partial charge in [-0.2, -0.15) is 0 Å². The number of para-hydroxylation sites is 1. The minimum absolute atomic E-state index is 0.00122. The largest absolute Gasteiger partial charge is 0.336 e. The summed E-state index contributed by atoms with van der Waals surface area (Å²) in [6.07, 6.45) is 7.56. The molecule has 1 aliphatic heterocycles. The van der Waals surface area contributed by atoms with Gasteiger partial charge >= 0.3 is 6.03 Å². The second-order valence-corrected chi connectivity index (χ2v) is 7.34. The maximum absolute atomic E-state index is 12.5. The Balaban J connectivity index is 1.77. The van der Waals surface area contributed by atoms with Gasteiger partial charge in [-0.3, -0.25) is 4.79 Å². The number of nitrogens with one attached hydrogen (secondary N) is 2. The molecule has 1 aliphatic rings. The number of amides is 3. The molecule has 1 aromatic rings. The number of piperidine rings is 1. The SMILES string of the molecule is CCCCCCC(C)NC(=O)N1CCCC(C(=O)Nc2ccccc2)C1. The molecule has 0 spiro atoms. The lowest BCUT2D eigenvalue weighted by molar-refractivity contribution is -0.121. The molecule has 0 bridgehead atoms. The van der Waals surface area contributed by atoms with Crippen molar-refractivity contribution in [2.45, 2.75) is 64.8 Å². The molecule has 0 saturated carbocycles. The van der Waals surface area contributed by atoms with Gasteiger partial charge in [0.05, 0.1) is 5.92 Å². The van der Waals surface area contributed by atoms with E-state index in [1.54, 1.807) is 4.90 Å². The molecule has 3 amide bonds. The van der Waals surface area contributed by atoms with Crippen LogP contribution in [0.25, 0.3) is 0 Å². The van der Waals surface area contributed by atoms with Gasteiger partial charge in [-0.25, -0.2) is 4.79 Å². The molecule has 0 aromatic heterocycles. The van der Waals surface area contributed by atoms with Crippen LogP contribution in [-0.4, -0.2) is 36.0 Å². The Morgan fingerprint density at radius 3 is 2.69 bits per heavy atom. The molecule has 1 aromatic carbocycles. The maximum Gasteiger partial charge on any atom is 0.317 e. The van der Waals surface area contributed by atoms with Gasteiger partial charge in [-0.15, -0.1) is 0 Å². The molecular weight excluding hydrogens is 326 g/mol. The monoisotopic (exact) mass is 359 g/mol. The lowest BCUT2D eigenvalue weighted by Crippen LogP contribution is -2.49. The number of urea groups is 1. The van der Waals surface area contributed by atoms with E-state index in [0.29, 0.717) is 6.54 Å². The zero-order chi connectivity index (χ0) is 18.8. The number of rotatable bonds is 8. The van der Waals surface area contributed by atoms with Gasteiger partial charge in [0.1, 0.15) is 0 Å². The second-order valence-electron chi connectivity index (χ2n) is 7.34. The van der Waals surface area contributed by atoms with Crippen molar-refractivity contribution in [3.05, 3.63) is 30.3 Å². The van der Waals surface area contributed by atoms with Crippen LogP contribution in [0.3, 0.4) is 0 Å². The van der Waals surface area contributed by atoms with E-state index in [1.807, 2.05) is 30.3 Å². The van der Waals surface area contributed by atoms with Crippen LogP contribution in [0.5, 0.6) is 0 Å². The summed E-state index contributed by atoms with van der Waals surface area (Å²) in [5.74, 6) is -0.143. The average Bonchev–Trinajstić information content (AvgIpc) is 2.66. The number of likely N-dealkylation sites (tertiary alicyclic amines) is 1. The Hall–Kier alpha value is -2.04. The van der Waals surface area contributed by atoms with E-state index in [0.717, 1.165) is 37.9 Å². The normalized spacial score (nSPS) is 18.2. The van der Waals surface area contributed by atoms with Crippen LogP contribution in [0.1, 0.15) is 58.8 Å². The Morgan fingerprint density at radius 2 is 1.96 bits per heavy atom. The van der Waals surface area contributed by atoms with E-state index < -0.39 is 0 Å². The number of carbonyl (C=O) groups excluding carboxylic acids is 2. The number of hydrogen-bond acceptors (Lipinski definition) is 2. The predicted molar refractivity (Wildman–Crippen MR) is 106 cm³/mol. The van der Waals surface area contributed by atoms with E-state index in [-0.39, 0.29) is 23.9 Å². The summed E-state index contributed by atoms with van der Waals surface area (Å²) in [7, 11) is 0. The topological polar surface area (TPSA) is 61.4 Å². The van der Waals surface area contributed by atoms with Gasteiger partial charge < -0.3 is 15.5 Å². The van der Waals surface area contributed by atoms with Gasteiger partial charge in [-0.1, -0.05) is 50.8 Å². The first-order valence-electron chi connectivity index (χ1n) is 10.0. The van der Waals surface area contributed by atoms with Gasteiger partial charge in [0.15, 0.2) is 0 Å². The fourth-order valence-electron chi connectivity index (χ4n) is 3.39. The molecule has 5 nitrogen and oxygen atoms in total. The molecule has 5 heteroatoms. The quantitative estimate of drug-likeness (QED) is 0.676. The highest BCUT2D eigenvalue weighted by atomic mass is 16.2. The molecule has 2 unspecified atom stereocenters. The maximum atomic E-state index is 12.5. The van der Waals surface area contributed by atoms with E-state index in [1.165, 1.54) is 19.3 Å². The van der Waals surface area contributed by atoms with E-state index in [2.05, 4.69) is 24.5 Å². The van der Waals surface area contributed by atoms with Gasteiger partial charge in [-0.05, 0) is 38.3 Å². The summed E-state index contributed by atoms with van der Waals surface area (Å²) in [6, 6.07) is 9.63. The van der Waals surface area contributed by atoms with Gasteiger partial charge in [0.2, 0.25) is 5.91 Å². The van der Waals surface area contributed by atoms with Crippen LogP contribution in [-0.2, 0) is 4.79 Å². The molecule has 1 heterocycles. The fraction of sp³-hybridized carbons (Fsp3) is 0.619. The first kappa shape index (κ1) is 20.3. The summed E-state index contributed by atoms with van der Waals surface area (Å²) >= 11 is 0. The zero-order valence-corrected chi connectivity index (χ0v) is 16.2. The van der Waals surface area contributed by atoms with Crippen LogP contribution in [0.15, 0.2) is 30.3 Å². The first-order chi connectivity index (χ1) is 12.6. The van der Waals surface area contributed by atoms with Crippen LogP contribution in [0.4, 0.5) is 10.5 Å². The summed E-state index contributed by atoms with van der Waals surface area (Å²) in [5.41, 5.74) is 0.805. The van der Waals surface area contributed by atoms with Crippen molar-refractivity contribution in [1.29, 1.82) is 0 Å². The molecule has 2 rings (SSSR count). The highest BCUT2D eigenvalue weighted by molar-refractivity contribution is 5.93. The van der Waals surface area contributed by atoms with Crippen LogP contribution < -0.4 is 10.6 Å². The number of unbranched alkanes of at least 4 members (excludes halogenated alkanes) is 3. The smallest absolute Gasteiger partial charge is 0.317 e. The minimum atomic E-state index is -0.144. The fourth-order valence-corrected chi connectivity index (χ4v) is 3.39. The standard InChI is InChI=1S/C21H33N3O2/c1-3-4-5-7-11-17(2)22-21(26)24-15-10-12-18(16-24)20(25)23-19-13-8-6-9-14-19/h6,8-9,13-14,17-18H,3-5,7,10-12,15-16H2,1-2H3,(H,22,26)(H,23,25). The number of hydrogen-bond donors (Lipinski definition) is 2. The summed E-state index contributed by atoms with van der Waals surface area (Å²) in [6.45, 7) is 5.48. The molecule has 0 radical (unpaired) electrons. The second kappa shape index (κ2) is 10.8. The van der Waals surface area contributed by atoms with Crippen molar-refractivity contribution in [1.82, 2.24) is 10.2 Å². The highest BCUT2D eigenvalue weighted by Gasteiger charge is 2.28. The molecule has 0 aliphatic carbocycles. The zero-order valence-electron chi connectivity index (χ0n) is 16.2. The molecule has 2 N–H and O–H groups in total. The Bertz CT molecular complexity index is 562. The van der Waals surface area contributed by atoms with Crippen LogP contribution in [0.2, 0.25) is 0 Å². The Labute approximate surface area is 157 Å². The van der Waals surface area contributed by atoms with Crippen LogP contribution in [0, 0.1) is 5.92 Å². The van der Waals surface area contributed by atoms with Crippen molar-refractivity contribution >= 4 is 17.6 Å². The minimum Gasteiger partial charge on any atom is -0.336 e. The lowest BCUT2D eigenvalue weighted by Gasteiger charge is -2.33. The molecule has 1 saturated heterocycles. The molecule has 1 fully saturated rings. The molecule has 144 valence electrons. The summed E-state index contributed by atoms with van der Waals surface area (Å²) < 4.78 is 0. The third-order valence-corrected chi connectivity index (χ3v) is 4.98. The number of benzene rings is 1. The van der Waals surface area contributed by atoms with E-state index in [9.17, 15) is 9.59 Å². The van der Waals surface area contributed by atoms with Crippen molar-refractivity contribution < 1.29 is 9.59 Å². The van der Waals surface area contributed by atoms with E-state index in [4.69, 9.17) is 0 Å². The van der Waals surface area contributed by atoms with Crippen molar-refractivity contribution in [2.24, 2.45) is 5.92 Å². The van der Waals surface area contributed by atoms with Crippen LogP contribution >= 0.6 is 0 Å². The molecule has 26 heavy (non-hydrogen) atoms. The third-order valence-electron chi connectivity index (χ3n) is 4.98. The molecule has 2 atom stereocenters. The van der Waals surface area contributed by atoms with Crippen molar-refractivity contribution in [2.75, 3.05) is 18.4 Å². The predicted octanol–water partition coefficient (Wildman–Crippen LogP) is 4.41. The first-order valence-corrected chi connectivity index (χ1v) is 10.0. The van der Waals surface area contributed by atoms with Crippen molar-refractivity contribution in [3.8, 4) is 0 Å². The van der Waals surface area contributed by atoms with Crippen molar-refractivity contribution in [3.63, 3.8) is 0 Å². The number of nitrogens with zero attached hydrogens (tertiary/aromatic N) is 1. The summed E-state index contributed by atoms with van der Waals surface area (Å²) in [5, 5.41) is 6.05. The number of anilines is 1. The Kier molecular flexibility index (Phi) is 8.45. The highest BCUT2D eigenvalue weighted by Crippen LogP contribution is 2.19. The molecular formula is C21H33N3O2. The lowest BCUT2D eigenvalue weighted by atomic mass is 9.97. The number of carbonyl (C=O) groups is 2. The average molecular weight is 360 g/mol. The Morgan fingerprint density at radius 1 is 1.19 bits per heavy atom. The van der Waals surface area contributed by atoms with E-state index >= 15 is 0 Å².